The molecule has 0 aliphatic heterocycles. The van der Waals surface area contributed by atoms with E-state index in [1.807, 2.05) is 43.0 Å². The summed E-state index contributed by atoms with van der Waals surface area (Å²) in [4.78, 5) is 22.6. The van der Waals surface area contributed by atoms with E-state index in [9.17, 15) is 4.79 Å². The van der Waals surface area contributed by atoms with Crippen LogP contribution < -0.4 is 4.90 Å². The van der Waals surface area contributed by atoms with Crippen molar-refractivity contribution in [3.05, 3.63) is 30.0 Å². The number of aromatic nitrogens is 2. The summed E-state index contributed by atoms with van der Waals surface area (Å²) >= 11 is 0. The van der Waals surface area contributed by atoms with E-state index in [0.29, 0.717) is 13.0 Å². The highest BCUT2D eigenvalue weighted by molar-refractivity contribution is 5.76. The number of benzene rings is 1. The second kappa shape index (κ2) is 6.32. The topological polar surface area (TPSA) is 55.3 Å². The van der Waals surface area contributed by atoms with Crippen LogP contribution in [0.5, 0.6) is 0 Å². The number of hydrogen-bond acceptors (Lipinski definition) is 5. The molecule has 0 fully saturated rings. The standard InChI is InChI=1S/C15H19N3O2/c1-4-18(10-9-14(19)20-3)15-11(2)16-12-7-5-6-8-13(12)17-15/h5-8H,4,9-10H2,1-3H3. The van der Waals surface area contributed by atoms with Crippen LogP contribution in [0.1, 0.15) is 19.0 Å². The number of rotatable bonds is 5. The maximum absolute atomic E-state index is 11.3. The Kier molecular flexibility index (Phi) is 4.50. The minimum absolute atomic E-state index is 0.213. The molecule has 0 radical (unpaired) electrons. The first kappa shape index (κ1) is 14.2. The summed E-state index contributed by atoms with van der Waals surface area (Å²) in [5.41, 5.74) is 2.62. The van der Waals surface area contributed by atoms with E-state index in [1.54, 1.807) is 0 Å². The van der Waals surface area contributed by atoms with E-state index < -0.39 is 0 Å². The molecule has 0 saturated heterocycles. The molecule has 0 atom stereocenters. The number of carbonyl (C=O) groups excluding carboxylic acids is 1. The fourth-order valence-electron chi connectivity index (χ4n) is 2.12. The SMILES string of the molecule is CCN(CCC(=O)OC)c1nc2ccccc2nc1C. The molecule has 0 amide bonds. The first-order chi connectivity index (χ1) is 9.65. The Morgan fingerprint density at radius 3 is 2.50 bits per heavy atom. The van der Waals surface area contributed by atoms with Crippen molar-refractivity contribution in [1.82, 2.24) is 9.97 Å². The summed E-state index contributed by atoms with van der Waals surface area (Å²) in [6.07, 6.45) is 0.346. The summed E-state index contributed by atoms with van der Waals surface area (Å²) in [6, 6.07) is 7.79. The zero-order chi connectivity index (χ0) is 14.5. The summed E-state index contributed by atoms with van der Waals surface area (Å²) in [6.45, 7) is 5.32. The number of anilines is 1. The van der Waals surface area contributed by atoms with Crippen LogP contribution in [0.3, 0.4) is 0 Å². The summed E-state index contributed by atoms with van der Waals surface area (Å²) in [5, 5.41) is 0. The Labute approximate surface area is 118 Å². The van der Waals surface area contributed by atoms with Crippen molar-refractivity contribution in [2.75, 3.05) is 25.1 Å². The molecule has 0 aliphatic carbocycles. The number of carbonyl (C=O) groups is 1. The predicted molar refractivity (Wildman–Crippen MR) is 78.8 cm³/mol. The van der Waals surface area contributed by atoms with Gasteiger partial charge in [0.05, 0.1) is 30.3 Å². The minimum atomic E-state index is -0.213. The van der Waals surface area contributed by atoms with Crippen LogP contribution in [0, 0.1) is 6.92 Å². The summed E-state index contributed by atoms with van der Waals surface area (Å²) in [5.74, 6) is 0.616. The number of nitrogens with zero attached hydrogens (tertiary/aromatic N) is 3. The van der Waals surface area contributed by atoms with Crippen molar-refractivity contribution in [2.45, 2.75) is 20.3 Å². The van der Waals surface area contributed by atoms with E-state index in [2.05, 4.69) is 14.7 Å². The molecule has 1 heterocycles. The molecule has 2 rings (SSSR count). The number of fused-ring (bicyclic) bond motifs is 1. The molecule has 0 bridgehead atoms. The van der Waals surface area contributed by atoms with E-state index in [4.69, 9.17) is 0 Å². The van der Waals surface area contributed by atoms with Crippen molar-refractivity contribution in [2.24, 2.45) is 0 Å². The van der Waals surface area contributed by atoms with Gasteiger partial charge in [-0.25, -0.2) is 9.97 Å². The van der Waals surface area contributed by atoms with Gasteiger partial charge in [0.25, 0.3) is 0 Å². The normalized spacial score (nSPS) is 10.6. The number of aryl methyl sites for hydroxylation is 1. The molecule has 0 saturated carbocycles. The molecule has 0 aliphatic rings. The van der Waals surface area contributed by atoms with Crippen LogP contribution in [-0.4, -0.2) is 36.1 Å². The Morgan fingerprint density at radius 1 is 1.25 bits per heavy atom. The molecule has 1 aromatic carbocycles. The van der Waals surface area contributed by atoms with Gasteiger partial charge in [-0.3, -0.25) is 4.79 Å². The van der Waals surface area contributed by atoms with Crippen LogP contribution >= 0.6 is 0 Å². The molecule has 5 heteroatoms. The van der Waals surface area contributed by atoms with E-state index >= 15 is 0 Å². The third-order valence-electron chi connectivity index (χ3n) is 3.21. The fraction of sp³-hybridized carbons (Fsp3) is 0.400. The first-order valence-electron chi connectivity index (χ1n) is 6.70. The first-order valence-corrected chi connectivity index (χ1v) is 6.70. The van der Waals surface area contributed by atoms with Crippen molar-refractivity contribution >= 4 is 22.8 Å². The van der Waals surface area contributed by atoms with Crippen molar-refractivity contribution in [1.29, 1.82) is 0 Å². The van der Waals surface area contributed by atoms with E-state index in [0.717, 1.165) is 29.1 Å². The third kappa shape index (κ3) is 3.04. The van der Waals surface area contributed by atoms with Gasteiger partial charge in [-0.1, -0.05) is 12.1 Å². The highest BCUT2D eigenvalue weighted by atomic mass is 16.5. The van der Waals surface area contributed by atoms with Crippen LogP contribution in [0.2, 0.25) is 0 Å². The molecule has 0 unspecified atom stereocenters. The largest absolute Gasteiger partial charge is 0.469 e. The van der Waals surface area contributed by atoms with Gasteiger partial charge < -0.3 is 9.64 Å². The number of ether oxygens (including phenoxy) is 1. The molecular weight excluding hydrogens is 254 g/mol. The van der Waals surface area contributed by atoms with Gasteiger partial charge in [-0.15, -0.1) is 0 Å². The number of para-hydroxylation sites is 2. The Hall–Kier alpha value is -2.17. The maximum Gasteiger partial charge on any atom is 0.307 e. The van der Waals surface area contributed by atoms with Gasteiger partial charge in [0.1, 0.15) is 0 Å². The molecule has 2 aromatic rings. The lowest BCUT2D eigenvalue weighted by Crippen LogP contribution is -2.28. The highest BCUT2D eigenvalue weighted by Crippen LogP contribution is 2.20. The van der Waals surface area contributed by atoms with Crippen LogP contribution in [0.25, 0.3) is 11.0 Å². The average molecular weight is 273 g/mol. The van der Waals surface area contributed by atoms with E-state index in [1.165, 1.54) is 7.11 Å². The van der Waals surface area contributed by atoms with Crippen molar-refractivity contribution in [3.63, 3.8) is 0 Å². The molecule has 1 aromatic heterocycles. The summed E-state index contributed by atoms with van der Waals surface area (Å²) < 4.78 is 4.68. The van der Waals surface area contributed by atoms with Gasteiger partial charge in [-0.2, -0.15) is 0 Å². The van der Waals surface area contributed by atoms with Crippen molar-refractivity contribution < 1.29 is 9.53 Å². The second-order valence-electron chi connectivity index (χ2n) is 4.53. The zero-order valence-corrected chi connectivity index (χ0v) is 12.1. The quantitative estimate of drug-likeness (QED) is 0.783. The van der Waals surface area contributed by atoms with Gasteiger partial charge in [0, 0.05) is 13.1 Å². The minimum Gasteiger partial charge on any atom is -0.469 e. The molecule has 0 spiro atoms. The Bertz CT molecular complexity index is 613. The molecule has 0 N–H and O–H groups in total. The predicted octanol–water partition coefficient (Wildman–Crippen LogP) is 2.33. The number of hydrogen-bond donors (Lipinski definition) is 0. The Balaban J connectivity index is 2.29. The number of esters is 1. The van der Waals surface area contributed by atoms with Gasteiger partial charge in [0.15, 0.2) is 5.82 Å². The second-order valence-corrected chi connectivity index (χ2v) is 4.53. The molecular formula is C15H19N3O2. The monoisotopic (exact) mass is 273 g/mol. The highest BCUT2D eigenvalue weighted by Gasteiger charge is 2.13. The lowest BCUT2D eigenvalue weighted by atomic mass is 10.2. The van der Waals surface area contributed by atoms with Gasteiger partial charge in [0.2, 0.25) is 0 Å². The Morgan fingerprint density at radius 2 is 1.90 bits per heavy atom. The van der Waals surface area contributed by atoms with Crippen LogP contribution in [0.4, 0.5) is 5.82 Å². The third-order valence-corrected chi connectivity index (χ3v) is 3.21. The zero-order valence-electron chi connectivity index (χ0n) is 12.1. The van der Waals surface area contributed by atoms with Crippen LogP contribution in [-0.2, 0) is 9.53 Å². The maximum atomic E-state index is 11.3. The van der Waals surface area contributed by atoms with E-state index in [-0.39, 0.29) is 5.97 Å². The average Bonchev–Trinajstić information content (AvgIpc) is 2.47. The lowest BCUT2D eigenvalue weighted by molar-refractivity contribution is -0.140. The molecule has 106 valence electrons. The number of methoxy groups -OCH3 is 1. The van der Waals surface area contributed by atoms with Gasteiger partial charge >= 0.3 is 5.97 Å². The fourth-order valence-corrected chi connectivity index (χ4v) is 2.12. The van der Waals surface area contributed by atoms with Crippen LogP contribution in [0.15, 0.2) is 24.3 Å². The van der Waals surface area contributed by atoms with Crippen molar-refractivity contribution in [3.8, 4) is 0 Å². The lowest BCUT2D eigenvalue weighted by Gasteiger charge is -2.23. The smallest absolute Gasteiger partial charge is 0.307 e. The van der Waals surface area contributed by atoms with Gasteiger partial charge in [-0.05, 0) is 26.0 Å². The summed E-state index contributed by atoms with van der Waals surface area (Å²) in [7, 11) is 1.40. The molecule has 5 nitrogen and oxygen atoms in total. The molecule has 20 heavy (non-hydrogen) atoms.